The number of aliphatic hydroxyl groups is 1. The SMILES string of the molecule is CCc1ccc(-c2ccc(Cl)c(Cl)c2)cc1C1=C(O)[C@@H]2[C@@H]3CC[C@@H](C3)[C@@H]2C1=O. The Hall–Kier alpha value is -1.77. The van der Waals surface area contributed by atoms with E-state index in [4.69, 9.17) is 23.2 Å². The van der Waals surface area contributed by atoms with E-state index in [0.29, 0.717) is 33.2 Å². The van der Waals surface area contributed by atoms with Gasteiger partial charge in [-0.1, -0.05) is 48.3 Å². The van der Waals surface area contributed by atoms with Crippen molar-refractivity contribution >= 4 is 34.6 Å². The number of rotatable bonds is 3. The fourth-order valence-corrected chi connectivity index (χ4v) is 6.06. The maximum Gasteiger partial charge on any atom is 0.170 e. The highest BCUT2D eigenvalue weighted by molar-refractivity contribution is 6.42. The van der Waals surface area contributed by atoms with Crippen molar-refractivity contribution in [2.24, 2.45) is 23.7 Å². The summed E-state index contributed by atoms with van der Waals surface area (Å²) in [6, 6.07) is 11.7. The van der Waals surface area contributed by atoms with Crippen LogP contribution < -0.4 is 0 Å². The number of Topliss-reactive ketones (excluding diaryl/α,β-unsaturated/α-hetero) is 1. The molecule has 4 atom stereocenters. The number of ketones is 1. The lowest BCUT2D eigenvalue weighted by Crippen LogP contribution is -2.24. The molecule has 3 aliphatic carbocycles. The molecule has 4 heteroatoms. The van der Waals surface area contributed by atoms with Crippen molar-refractivity contribution in [3.8, 4) is 11.1 Å². The molecular weight excluding hydrogens is 391 g/mol. The van der Waals surface area contributed by atoms with Gasteiger partial charge in [-0.05, 0) is 78.0 Å². The van der Waals surface area contributed by atoms with Crippen molar-refractivity contribution in [1.29, 1.82) is 0 Å². The van der Waals surface area contributed by atoms with Gasteiger partial charge in [0.05, 0.1) is 15.6 Å². The fourth-order valence-electron chi connectivity index (χ4n) is 5.77. The second-order valence-electron chi connectivity index (χ2n) is 8.36. The molecule has 0 aliphatic heterocycles. The van der Waals surface area contributed by atoms with E-state index in [1.807, 2.05) is 24.3 Å². The summed E-state index contributed by atoms with van der Waals surface area (Å²) in [6.45, 7) is 2.08. The number of aliphatic hydroxyl groups excluding tert-OH is 1. The van der Waals surface area contributed by atoms with Crippen molar-refractivity contribution in [1.82, 2.24) is 0 Å². The summed E-state index contributed by atoms with van der Waals surface area (Å²) < 4.78 is 0. The van der Waals surface area contributed by atoms with Crippen LogP contribution in [0.2, 0.25) is 10.0 Å². The molecule has 0 saturated heterocycles. The maximum absolute atomic E-state index is 13.3. The Kier molecular flexibility index (Phi) is 4.33. The first-order valence-corrected chi connectivity index (χ1v) is 10.8. The first kappa shape index (κ1) is 18.3. The minimum Gasteiger partial charge on any atom is -0.511 e. The summed E-state index contributed by atoms with van der Waals surface area (Å²) in [5.74, 6) is 1.44. The van der Waals surface area contributed by atoms with Crippen LogP contribution in [0.3, 0.4) is 0 Å². The zero-order valence-corrected chi connectivity index (χ0v) is 17.2. The monoisotopic (exact) mass is 412 g/mol. The zero-order chi connectivity index (χ0) is 19.6. The Balaban J connectivity index is 1.63. The van der Waals surface area contributed by atoms with Gasteiger partial charge in [0.2, 0.25) is 0 Å². The molecule has 144 valence electrons. The normalized spacial score (nSPS) is 28.3. The quantitative estimate of drug-likeness (QED) is 0.605. The van der Waals surface area contributed by atoms with Gasteiger partial charge < -0.3 is 5.11 Å². The molecule has 2 fully saturated rings. The van der Waals surface area contributed by atoms with Gasteiger partial charge in [-0.3, -0.25) is 4.79 Å². The number of benzene rings is 2. The van der Waals surface area contributed by atoms with Crippen LogP contribution >= 0.6 is 23.2 Å². The average molecular weight is 413 g/mol. The van der Waals surface area contributed by atoms with Crippen LogP contribution in [0.4, 0.5) is 0 Å². The minimum atomic E-state index is -0.00733. The van der Waals surface area contributed by atoms with Crippen LogP contribution in [-0.4, -0.2) is 10.9 Å². The number of hydrogen-bond donors (Lipinski definition) is 1. The number of carbonyl (C=O) groups excluding carboxylic acids is 1. The molecule has 0 radical (unpaired) electrons. The van der Waals surface area contributed by atoms with Gasteiger partial charge in [0.25, 0.3) is 0 Å². The van der Waals surface area contributed by atoms with E-state index in [0.717, 1.165) is 47.9 Å². The molecule has 2 aromatic carbocycles. The van der Waals surface area contributed by atoms with Crippen LogP contribution in [0.15, 0.2) is 42.2 Å². The van der Waals surface area contributed by atoms with Gasteiger partial charge in [0.1, 0.15) is 5.76 Å². The molecule has 2 saturated carbocycles. The Morgan fingerprint density at radius 3 is 2.32 bits per heavy atom. The van der Waals surface area contributed by atoms with Crippen molar-refractivity contribution in [3.05, 3.63) is 63.3 Å². The van der Waals surface area contributed by atoms with Gasteiger partial charge in [-0.25, -0.2) is 0 Å². The Labute approximate surface area is 175 Å². The molecule has 0 spiro atoms. The van der Waals surface area contributed by atoms with Gasteiger partial charge >= 0.3 is 0 Å². The largest absolute Gasteiger partial charge is 0.511 e. The van der Waals surface area contributed by atoms with Crippen LogP contribution in [0.25, 0.3) is 16.7 Å². The highest BCUT2D eigenvalue weighted by Gasteiger charge is 2.57. The van der Waals surface area contributed by atoms with E-state index in [9.17, 15) is 9.90 Å². The average Bonchev–Trinajstić information content (AvgIpc) is 3.37. The molecule has 5 rings (SSSR count). The van der Waals surface area contributed by atoms with Gasteiger partial charge in [-0.15, -0.1) is 0 Å². The summed E-state index contributed by atoms with van der Waals surface area (Å²) in [7, 11) is 0. The summed E-state index contributed by atoms with van der Waals surface area (Å²) in [6.07, 6.45) is 4.17. The van der Waals surface area contributed by atoms with Gasteiger partial charge in [0, 0.05) is 11.8 Å². The minimum absolute atomic E-state index is 0.00733. The highest BCUT2D eigenvalue weighted by atomic mass is 35.5. The lowest BCUT2D eigenvalue weighted by Gasteiger charge is -2.23. The lowest BCUT2D eigenvalue weighted by molar-refractivity contribution is -0.118. The first-order chi connectivity index (χ1) is 13.5. The third-order valence-corrected chi connectivity index (χ3v) is 7.79. The van der Waals surface area contributed by atoms with E-state index >= 15 is 0 Å². The van der Waals surface area contributed by atoms with Crippen molar-refractivity contribution in [3.63, 3.8) is 0 Å². The standard InChI is InChI=1S/C24H22Cl2O2/c1-2-12-3-4-13(14-7-8-18(25)19(26)11-14)10-17(12)22-23(27)20-15-5-6-16(9-15)21(20)24(22)28/h3-4,7-8,10-11,15-16,20-21,27H,2,5-6,9H2,1H3/t15-,16+,20-,21+/m1/s1. The van der Waals surface area contributed by atoms with E-state index < -0.39 is 0 Å². The molecule has 2 aromatic rings. The molecule has 1 N–H and O–H groups in total. The van der Waals surface area contributed by atoms with Crippen LogP contribution in [0.5, 0.6) is 0 Å². The van der Waals surface area contributed by atoms with Crippen LogP contribution in [0, 0.1) is 23.7 Å². The second-order valence-corrected chi connectivity index (χ2v) is 9.18. The molecule has 28 heavy (non-hydrogen) atoms. The van der Waals surface area contributed by atoms with E-state index in [-0.39, 0.29) is 17.6 Å². The lowest BCUT2D eigenvalue weighted by atomic mass is 9.80. The van der Waals surface area contributed by atoms with Gasteiger partial charge in [0.15, 0.2) is 5.78 Å². The highest BCUT2D eigenvalue weighted by Crippen LogP contribution is 2.60. The van der Waals surface area contributed by atoms with E-state index in [1.54, 1.807) is 6.07 Å². The molecule has 0 unspecified atom stereocenters. The molecule has 0 amide bonds. The van der Waals surface area contributed by atoms with Crippen molar-refractivity contribution in [2.45, 2.75) is 32.6 Å². The predicted octanol–water partition coefficient (Wildman–Crippen LogP) is 6.74. The number of fused-ring (bicyclic) bond motifs is 5. The topological polar surface area (TPSA) is 37.3 Å². The second kappa shape index (κ2) is 6.64. The van der Waals surface area contributed by atoms with Gasteiger partial charge in [-0.2, -0.15) is 0 Å². The van der Waals surface area contributed by atoms with E-state index in [1.165, 1.54) is 0 Å². The summed E-state index contributed by atoms with van der Waals surface area (Å²) in [5, 5.41) is 12.1. The molecule has 0 aromatic heterocycles. The number of carbonyl (C=O) groups is 1. The smallest absolute Gasteiger partial charge is 0.170 e. The third-order valence-electron chi connectivity index (χ3n) is 7.05. The third kappa shape index (κ3) is 2.58. The Bertz CT molecular complexity index is 1020. The zero-order valence-electron chi connectivity index (χ0n) is 15.7. The molecule has 3 aliphatic rings. The van der Waals surface area contributed by atoms with Crippen LogP contribution in [0.1, 0.15) is 37.3 Å². The fraction of sp³-hybridized carbons (Fsp3) is 0.375. The number of allylic oxidation sites excluding steroid dienone is 2. The predicted molar refractivity (Wildman–Crippen MR) is 114 cm³/mol. The molecular formula is C24H22Cl2O2. The molecule has 2 bridgehead atoms. The van der Waals surface area contributed by atoms with E-state index in [2.05, 4.69) is 13.0 Å². The summed E-state index contributed by atoms with van der Waals surface area (Å²) >= 11 is 12.3. The number of hydrogen-bond acceptors (Lipinski definition) is 2. The molecule has 2 nitrogen and oxygen atoms in total. The Morgan fingerprint density at radius 1 is 0.964 bits per heavy atom. The van der Waals surface area contributed by atoms with Crippen molar-refractivity contribution < 1.29 is 9.90 Å². The summed E-state index contributed by atoms with van der Waals surface area (Å²) in [5.41, 5.74) is 4.45. The Morgan fingerprint density at radius 2 is 1.64 bits per heavy atom. The number of aryl methyl sites for hydroxylation is 1. The maximum atomic E-state index is 13.3. The van der Waals surface area contributed by atoms with Crippen molar-refractivity contribution in [2.75, 3.05) is 0 Å². The first-order valence-electron chi connectivity index (χ1n) is 10.1. The van der Waals surface area contributed by atoms with Crippen LogP contribution in [-0.2, 0) is 11.2 Å². The molecule has 0 heterocycles. The summed E-state index contributed by atoms with van der Waals surface area (Å²) in [4.78, 5) is 13.3. The number of halogens is 2.